The molecule has 0 spiro atoms. The Bertz CT molecular complexity index is 818. The monoisotopic (exact) mass is 342 g/mol. The molecule has 1 amide bonds. The first-order valence-electron chi connectivity index (χ1n) is 7.33. The van der Waals surface area contributed by atoms with Crippen LogP contribution in [-0.4, -0.2) is 32.6 Å². The van der Waals surface area contributed by atoms with Crippen molar-refractivity contribution in [2.24, 2.45) is 0 Å². The van der Waals surface area contributed by atoms with Crippen LogP contribution in [-0.2, 0) is 0 Å². The van der Waals surface area contributed by atoms with E-state index in [-0.39, 0.29) is 12.2 Å². The van der Waals surface area contributed by atoms with Gasteiger partial charge in [0, 0.05) is 11.6 Å². The van der Waals surface area contributed by atoms with E-state index in [0.717, 1.165) is 5.69 Å². The summed E-state index contributed by atoms with van der Waals surface area (Å²) in [4.78, 5) is 13.5. The fourth-order valence-electron chi connectivity index (χ4n) is 2.14. The lowest BCUT2D eigenvalue weighted by Crippen LogP contribution is -2.28. The summed E-state index contributed by atoms with van der Waals surface area (Å²) in [7, 11) is 0. The van der Waals surface area contributed by atoms with Gasteiger partial charge in [0.15, 0.2) is 5.69 Å². The number of hydrogen-bond donors (Lipinski definition) is 2. The molecule has 0 aliphatic rings. The van der Waals surface area contributed by atoms with Crippen LogP contribution in [0.15, 0.2) is 60.8 Å². The quantitative estimate of drug-likeness (QED) is 0.746. The van der Waals surface area contributed by atoms with Crippen molar-refractivity contribution in [3.8, 4) is 5.69 Å². The Kier molecular flexibility index (Phi) is 4.88. The van der Waals surface area contributed by atoms with E-state index in [0.29, 0.717) is 10.6 Å². The predicted octanol–water partition coefficient (Wildman–Crippen LogP) is 2.38. The van der Waals surface area contributed by atoms with Gasteiger partial charge in [-0.2, -0.15) is 9.90 Å². The Hall–Kier alpha value is -2.70. The lowest BCUT2D eigenvalue weighted by Gasteiger charge is -2.11. The summed E-state index contributed by atoms with van der Waals surface area (Å²) in [5, 5.41) is 21.5. The Morgan fingerprint density at radius 3 is 2.58 bits per heavy atom. The SMILES string of the molecule is O=C(NCC(O)c1ccc(Cl)cc1)c1cnn(-c2ccccc2)n1. The van der Waals surface area contributed by atoms with Crippen molar-refractivity contribution in [1.82, 2.24) is 20.3 Å². The van der Waals surface area contributed by atoms with Crippen LogP contribution in [0.3, 0.4) is 0 Å². The Labute approximate surface area is 143 Å². The minimum atomic E-state index is -0.824. The molecule has 122 valence electrons. The van der Waals surface area contributed by atoms with Gasteiger partial charge in [-0.3, -0.25) is 4.79 Å². The largest absolute Gasteiger partial charge is 0.387 e. The molecular weight excluding hydrogens is 328 g/mol. The van der Waals surface area contributed by atoms with Crippen LogP contribution >= 0.6 is 11.6 Å². The van der Waals surface area contributed by atoms with Gasteiger partial charge in [-0.25, -0.2) is 0 Å². The molecule has 2 N–H and O–H groups in total. The Morgan fingerprint density at radius 2 is 1.88 bits per heavy atom. The summed E-state index contributed by atoms with van der Waals surface area (Å²) >= 11 is 5.81. The van der Waals surface area contributed by atoms with Crippen molar-refractivity contribution in [3.05, 3.63) is 77.1 Å². The minimum Gasteiger partial charge on any atom is -0.387 e. The molecule has 0 bridgehead atoms. The number of halogens is 1. The average Bonchev–Trinajstić information content (AvgIpc) is 3.11. The number of nitrogens with zero attached hydrogens (tertiary/aromatic N) is 3. The standard InChI is InChI=1S/C17H15ClN4O2/c18-13-8-6-12(7-9-13)16(23)11-19-17(24)15-10-20-22(21-15)14-4-2-1-3-5-14/h1-10,16,23H,11H2,(H,19,24). The molecule has 3 rings (SSSR count). The summed E-state index contributed by atoms with van der Waals surface area (Å²) in [5.74, 6) is -0.398. The average molecular weight is 343 g/mol. The van der Waals surface area contributed by atoms with Crippen LogP contribution in [0.4, 0.5) is 0 Å². The molecule has 2 aromatic carbocycles. The number of para-hydroxylation sites is 1. The molecule has 0 fully saturated rings. The minimum absolute atomic E-state index is 0.0681. The fourth-order valence-corrected chi connectivity index (χ4v) is 2.26. The highest BCUT2D eigenvalue weighted by Gasteiger charge is 2.14. The van der Waals surface area contributed by atoms with Gasteiger partial charge in [-0.1, -0.05) is 41.9 Å². The van der Waals surface area contributed by atoms with Crippen LogP contribution in [0.1, 0.15) is 22.2 Å². The Balaban J connectivity index is 1.61. The van der Waals surface area contributed by atoms with Gasteiger partial charge in [0.1, 0.15) is 0 Å². The smallest absolute Gasteiger partial charge is 0.273 e. The van der Waals surface area contributed by atoms with Gasteiger partial charge in [0.2, 0.25) is 0 Å². The third-order valence-corrected chi connectivity index (χ3v) is 3.67. The van der Waals surface area contributed by atoms with Crippen LogP contribution in [0.25, 0.3) is 5.69 Å². The summed E-state index contributed by atoms with van der Waals surface area (Å²) in [6.07, 6.45) is 0.562. The zero-order valence-corrected chi connectivity index (χ0v) is 13.4. The summed E-state index contributed by atoms with van der Waals surface area (Å²) in [6.45, 7) is 0.0681. The molecule has 7 heteroatoms. The molecule has 0 radical (unpaired) electrons. The number of amides is 1. The normalized spacial score (nSPS) is 11.9. The van der Waals surface area contributed by atoms with Gasteiger partial charge < -0.3 is 10.4 Å². The van der Waals surface area contributed by atoms with E-state index in [1.807, 2.05) is 30.3 Å². The van der Waals surface area contributed by atoms with Crippen LogP contribution < -0.4 is 5.32 Å². The molecule has 1 unspecified atom stereocenters. The number of benzene rings is 2. The first-order chi connectivity index (χ1) is 11.6. The van der Waals surface area contributed by atoms with Crippen molar-refractivity contribution in [2.45, 2.75) is 6.10 Å². The number of hydrogen-bond acceptors (Lipinski definition) is 4. The van der Waals surface area contributed by atoms with E-state index in [9.17, 15) is 9.90 Å². The molecule has 0 saturated carbocycles. The maximum Gasteiger partial charge on any atom is 0.273 e. The lowest BCUT2D eigenvalue weighted by molar-refractivity contribution is 0.0911. The van der Waals surface area contributed by atoms with Crippen molar-refractivity contribution in [2.75, 3.05) is 6.54 Å². The lowest BCUT2D eigenvalue weighted by atomic mass is 10.1. The number of aliphatic hydroxyl groups is 1. The number of carbonyl (C=O) groups is 1. The van der Waals surface area contributed by atoms with E-state index in [4.69, 9.17) is 11.6 Å². The summed E-state index contributed by atoms with van der Waals surface area (Å²) < 4.78 is 0. The second kappa shape index (κ2) is 7.25. The van der Waals surface area contributed by atoms with Crippen LogP contribution in [0.5, 0.6) is 0 Å². The van der Waals surface area contributed by atoms with Gasteiger partial charge in [-0.05, 0) is 29.8 Å². The number of aromatic nitrogens is 3. The molecule has 24 heavy (non-hydrogen) atoms. The van der Waals surface area contributed by atoms with Crippen molar-refractivity contribution >= 4 is 17.5 Å². The number of rotatable bonds is 5. The van der Waals surface area contributed by atoms with Gasteiger partial charge in [0.25, 0.3) is 5.91 Å². The third-order valence-electron chi connectivity index (χ3n) is 3.42. The zero-order chi connectivity index (χ0) is 16.9. The second-order valence-electron chi connectivity index (χ2n) is 5.13. The first kappa shape index (κ1) is 16.2. The molecule has 6 nitrogen and oxygen atoms in total. The number of aliphatic hydroxyl groups excluding tert-OH is 1. The predicted molar refractivity (Wildman–Crippen MR) is 90.1 cm³/mol. The number of carbonyl (C=O) groups excluding carboxylic acids is 1. The van der Waals surface area contributed by atoms with Crippen molar-refractivity contribution < 1.29 is 9.90 Å². The molecule has 1 aromatic heterocycles. The topological polar surface area (TPSA) is 80.0 Å². The van der Waals surface area contributed by atoms with E-state index in [2.05, 4.69) is 15.5 Å². The maximum atomic E-state index is 12.1. The molecule has 0 aliphatic heterocycles. The highest BCUT2D eigenvalue weighted by molar-refractivity contribution is 6.30. The Morgan fingerprint density at radius 1 is 1.17 bits per heavy atom. The maximum absolute atomic E-state index is 12.1. The van der Waals surface area contributed by atoms with Crippen LogP contribution in [0, 0.1) is 0 Å². The summed E-state index contributed by atoms with van der Waals surface area (Å²) in [6, 6.07) is 16.1. The molecule has 1 heterocycles. The molecular formula is C17H15ClN4O2. The fraction of sp³-hybridized carbons (Fsp3) is 0.118. The van der Waals surface area contributed by atoms with Crippen molar-refractivity contribution in [1.29, 1.82) is 0 Å². The van der Waals surface area contributed by atoms with Gasteiger partial charge in [-0.15, -0.1) is 5.10 Å². The highest BCUT2D eigenvalue weighted by atomic mass is 35.5. The van der Waals surface area contributed by atoms with E-state index in [1.54, 1.807) is 24.3 Å². The number of nitrogens with one attached hydrogen (secondary N) is 1. The van der Waals surface area contributed by atoms with Crippen molar-refractivity contribution in [3.63, 3.8) is 0 Å². The van der Waals surface area contributed by atoms with Crippen LogP contribution in [0.2, 0.25) is 5.02 Å². The summed E-state index contributed by atoms with van der Waals surface area (Å²) in [5.41, 5.74) is 1.62. The molecule has 0 aliphatic carbocycles. The molecule has 0 saturated heterocycles. The molecule has 3 aromatic rings. The molecule has 1 atom stereocenters. The van der Waals surface area contributed by atoms with Gasteiger partial charge >= 0.3 is 0 Å². The van der Waals surface area contributed by atoms with Gasteiger partial charge in [0.05, 0.1) is 18.0 Å². The van der Waals surface area contributed by atoms with E-state index >= 15 is 0 Å². The van der Waals surface area contributed by atoms with E-state index < -0.39 is 12.0 Å². The zero-order valence-electron chi connectivity index (χ0n) is 12.6. The first-order valence-corrected chi connectivity index (χ1v) is 7.71. The second-order valence-corrected chi connectivity index (χ2v) is 5.57. The highest BCUT2D eigenvalue weighted by Crippen LogP contribution is 2.15. The third kappa shape index (κ3) is 3.79. The van der Waals surface area contributed by atoms with E-state index in [1.165, 1.54) is 11.0 Å².